The van der Waals surface area contributed by atoms with Crippen LogP contribution in [0.4, 0.5) is 4.39 Å². The van der Waals surface area contributed by atoms with Crippen LogP contribution in [-0.4, -0.2) is 36.3 Å². The van der Waals surface area contributed by atoms with Gasteiger partial charge < -0.3 is 19.2 Å². The molecule has 0 fully saturated rings. The summed E-state index contributed by atoms with van der Waals surface area (Å²) in [6.45, 7) is 4.53. The van der Waals surface area contributed by atoms with E-state index in [-0.39, 0.29) is 22.5 Å². The van der Waals surface area contributed by atoms with Crippen molar-refractivity contribution in [1.29, 1.82) is 0 Å². The van der Waals surface area contributed by atoms with Crippen molar-refractivity contribution < 1.29 is 28.2 Å². The number of ether oxygens (including phenoxy) is 3. The van der Waals surface area contributed by atoms with Crippen molar-refractivity contribution in [3.8, 4) is 28.4 Å². The molecule has 0 saturated heterocycles. The van der Waals surface area contributed by atoms with E-state index in [2.05, 4.69) is 31.4 Å². The van der Waals surface area contributed by atoms with Gasteiger partial charge in [0.15, 0.2) is 11.5 Å². The Morgan fingerprint density at radius 2 is 1.70 bits per heavy atom. The first kappa shape index (κ1) is 30.8. The molecule has 11 heteroatoms. The van der Waals surface area contributed by atoms with Crippen LogP contribution in [0.15, 0.2) is 88.4 Å². The third-order valence-electron chi connectivity index (χ3n) is 6.48. The van der Waals surface area contributed by atoms with Gasteiger partial charge in [0.2, 0.25) is 0 Å². The van der Waals surface area contributed by atoms with Gasteiger partial charge in [-0.05, 0) is 62.4 Å². The van der Waals surface area contributed by atoms with E-state index in [0.717, 1.165) is 0 Å². The lowest BCUT2D eigenvalue weighted by Gasteiger charge is -2.13. The maximum absolute atomic E-state index is 14.7. The van der Waals surface area contributed by atoms with Crippen LogP contribution in [0.25, 0.3) is 22.0 Å². The predicted molar refractivity (Wildman–Crippen MR) is 172 cm³/mol. The van der Waals surface area contributed by atoms with E-state index in [1.165, 1.54) is 12.3 Å². The molecule has 0 aliphatic heterocycles. The summed E-state index contributed by atoms with van der Waals surface area (Å²) in [6, 6.07) is 21.3. The normalized spacial score (nSPS) is 11.1. The first-order chi connectivity index (χ1) is 21.3. The average molecular weight is 679 g/mol. The van der Waals surface area contributed by atoms with Crippen LogP contribution in [0.5, 0.6) is 17.2 Å². The van der Waals surface area contributed by atoms with E-state index >= 15 is 0 Å². The summed E-state index contributed by atoms with van der Waals surface area (Å²) in [6.07, 6.45) is 1.34. The molecule has 0 atom stereocenters. The quantitative estimate of drug-likeness (QED) is 0.0672. The number of carbonyl (C=O) groups is 2. The van der Waals surface area contributed by atoms with E-state index in [4.69, 9.17) is 25.8 Å². The van der Waals surface area contributed by atoms with Crippen molar-refractivity contribution in [1.82, 2.24) is 10.4 Å². The number of esters is 1. The number of halogens is 3. The number of nitrogens with zero attached hydrogens (tertiary/aromatic N) is 1. The van der Waals surface area contributed by atoms with Crippen molar-refractivity contribution in [3.05, 3.63) is 111 Å². The largest absolute Gasteiger partial charge is 0.490 e. The van der Waals surface area contributed by atoms with E-state index in [1.807, 2.05) is 13.8 Å². The summed E-state index contributed by atoms with van der Waals surface area (Å²) in [5.41, 5.74) is 4.38. The lowest BCUT2D eigenvalue weighted by molar-refractivity contribution is 0.0733. The van der Waals surface area contributed by atoms with Crippen molar-refractivity contribution in [2.24, 2.45) is 5.10 Å². The summed E-state index contributed by atoms with van der Waals surface area (Å²) in [4.78, 5) is 29.3. The molecule has 4 aromatic carbocycles. The average Bonchev–Trinajstić information content (AvgIpc) is 3.40. The molecule has 0 unspecified atom stereocenters. The molecule has 0 aliphatic rings. The van der Waals surface area contributed by atoms with E-state index in [1.54, 1.807) is 72.8 Å². The number of amides is 1. The molecule has 0 saturated carbocycles. The smallest absolute Gasteiger partial charge is 0.343 e. The Kier molecular flexibility index (Phi) is 9.62. The lowest BCUT2D eigenvalue weighted by Crippen LogP contribution is -2.19. The van der Waals surface area contributed by atoms with E-state index in [9.17, 15) is 14.0 Å². The summed E-state index contributed by atoms with van der Waals surface area (Å²) < 4.78 is 32.2. The number of hydrogen-bond acceptors (Lipinski definition) is 6. The number of aromatic amines is 1. The maximum atomic E-state index is 14.7. The van der Waals surface area contributed by atoms with E-state index in [0.29, 0.717) is 56.3 Å². The minimum Gasteiger partial charge on any atom is -0.490 e. The van der Waals surface area contributed by atoms with Crippen molar-refractivity contribution in [2.45, 2.75) is 13.8 Å². The van der Waals surface area contributed by atoms with Crippen LogP contribution in [0.3, 0.4) is 0 Å². The van der Waals surface area contributed by atoms with Crippen LogP contribution in [0, 0.1) is 5.82 Å². The zero-order valence-electron chi connectivity index (χ0n) is 23.6. The fourth-order valence-corrected chi connectivity index (χ4v) is 5.17. The number of H-pyrrole nitrogens is 1. The number of carbonyl (C=O) groups excluding carboxylic acids is 2. The summed E-state index contributed by atoms with van der Waals surface area (Å²) in [5, 5.41) is 5.00. The number of nitrogens with one attached hydrogen (secondary N) is 2. The molecule has 0 spiro atoms. The monoisotopic (exact) mass is 677 g/mol. The molecule has 5 aromatic rings. The van der Waals surface area contributed by atoms with Gasteiger partial charge >= 0.3 is 5.97 Å². The minimum absolute atomic E-state index is 0.0804. The van der Waals surface area contributed by atoms with Gasteiger partial charge in [-0.15, -0.1) is 0 Å². The molecule has 44 heavy (non-hydrogen) atoms. The molecule has 2 N–H and O–H groups in total. The van der Waals surface area contributed by atoms with Gasteiger partial charge in [-0.25, -0.2) is 14.6 Å². The molecule has 1 heterocycles. The number of fused-ring (bicyclic) bond motifs is 1. The highest BCUT2D eigenvalue weighted by atomic mass is 79.9. The first-order valence-electron chi connectivity index (χ1n) is 13.6. The first-order valence-corrected chi connectivity index (χ1v) is 14.8. The zero-order valence-corrected chi connectivity index (χ0v) is 26.0. The number of hydrogen-bond donors (Lipinski definition) is 2. The van der Waals surface area contributed by atoms with Crippen molar-refractivity contribution >= 4 is 56.5 Å². The Morgan fingerprint density at radius 3 is 2.48 bits per heavy atom. The van der Waals surface area contributed by atoms with Crippen molar-refractivity contribution in [3.63, 3.8) is 0 Å². The van der Waals surface area contributed by atoms with Crippen LogP contribution in [-0.2, 0) is 0 Å². The Balaban J connectivity index is 1.40. The van der Waals surface area contributed by atoms with Gasteiger partial charge in [0.25, 0.3) is 5.91 Å². The van der Waals surface area contributed by atoms with Gasteiger partial charge in [-0.3, -0.25) is 4.79 Å². The second-order valence-electron chi connectivity index (χ2n) is 9.32. The van der Waals surface area contributed by atoms with Gasteiger partial charge in [0.1, 0.15) is 17.3 Å². The van der Waals surface area contributed by atoms with E-state index < -0.39 is 17.7 Å². The van der Waals surface area contributed by atoms with Crippen LogP contribution in [0.2, 0.25) is 5.02 Å². The fourth-order valence-electron chi connectivity index (χ4n) is 4.56. The highest BCUT2D eigenvalue weighted by Gasteiger charge is 2.22. The fraction of sp³-hybridized carbons (Fsp3) is 0.121. The van der Waals surface area contributed by atoms with Gasteiger partial charge in [-0.1, -0.05) is 57.9 Å². The molecular weight excluding hydrogens is 653 g/mol. The molecule has 8 nitrogen and oxygen atoms in total. The van der Waals surface area contributed by atoms with Gasteiger partial charge in [-0.2, -0.15) is 5.10 Å². The third-order valence-corrected chi connectivity index (χ3v) is 7.30. The molecule has 1 amide bonds. The number of aromatic nitrogens is 1. The SMILES string of the molecule is CCOc1ccc(C(=O)Oc2ccc(Br)cc2C=NNC(=O)c2[nH]c3c(F)cccc3c2-c2ccccc2Cl)cc1OCC. The Hall–Kier alpha value is -4.67. The van der Waals surface area contributed by atoms with Crippen LogP contribution < -0.4 is 19.6 Å². The summed E-state index contributed by atoms with van der Waals surface area (Å²) in [5.74, 6) is -0.615. The predicted octanol–water partition coefficient (Wildman–Crippen LogP) is 8.17. The molecule has 224 valence electrons. The number of para-hydroxylation sites is 1. The summed E-state index contributed by atoms with van der Waals surface area (Å²) >= 11 is 9.86. The molecule has 0 aliphatic carbocycles. The lowest BCUT2D eigenvalue weighted by atomic mass is 10.0. The van der Waals surface area contributed by atoms with Crippen LogP contribution >= 0.6 is 27.5 Å². The highest BCUT2D eigenvalue weighted by Crippen LogP contribution is 2.37. The molecule has 0 radical (unpaired) electrons. The Morgan fingerprint density at radius 1 is 0.955 bits per heavy atom. The molecule has 0 bridgehead atoms. The van der Waals surface area contributed by atoms with Gasteiger partial charge in [0, 0.05) is 31.6 Å². The van der Waals surface area contributed by atoms with Crippen molar-refractivity contribution in [2.75, 3.05) is 13.2 Å². The molecule has 1 aromatic heterocycles. The second-order valence-corrected chi connectivity index (χ2v) is 10.6. The zero-order chi connectivity index (χ0) is 31.2. The number of hydrazone groups is 1. The standard InChI is InChI=1S/C33H26BrClFN3O5/c1-3-42-27-14-12-19(17-28(27)43-4-2)33(41)44-26-15-13-21(34)16-20(26)18-37-39-32(40)31-29(22-8-5-6-10-24(22)35)23-9-7-11-25(36)30(23)38-31/h5-18,38H,3-4H2,1-2H3,(H,39,40). The maximum Gasteiger partial charge on any atom is 0.343 e. The Labute approximate surface area is 265 Å². The highest BCUT2D eigenvalue weighted by molar-refractivity contribution is 9.10. The molecular formula is C33H26BrClFN3O5. The topological polar surface area (TPSA) is 102 Å². The van der Waals surface area contributed by atoms with Gasteiger partial charge in [0.05, 0.1) is 30.5 Å². The number of rotatable bonds is 10. The second kappa shape index (κ2) is 13.7. The third kappa shape index (κ3) is 6.61. The molecule has 5 rings (SSSR count). The van der Waals surface area contributed by atoms with Crippen LogP contribution in [0.1, 0.15) is 40.3 Å². The summed E-state index contributed by atoms with van der Waals surface area (Å²) in [7, 11) is 0. The minimum atomic E-state index is -0.627. The Bertz CT molecular complexity index is 1890. The number of benzene rings is 4.